The van der Waals surface area contributed by atoms with Gasteiger partial charge in [-0.25, -0.2) is 13.1 Å². The van der Waals surface area contributed by atoms with Crippen LogP contribution in [0, 0.1) is 24.0 Å². The van der Waals surface area contributed by atoms with Gasteiger partial charge in [0.05, 0.1) is 9.82 Å². The molecule has 7 nitrogen and oxygen atoms in total. The molecule has 8 heteroatoms. The summed E-state index contributed by atoms with van der Waals surface area (Å²) < 4.78 is 27.9. The van der Waals surface area contributed by atoms with Crippen LogP contribution in [0.25, 0.3) is 0 Å². The Morgan fingerprint density at radius 3 is 2.19 bits per heavy atom. The molecule has 0 aliphatic heterocycles. The lowest BCUT2D eigenvalue weighted by atomic mass is 10.1. The molecule has 0 fully saturated rings. The summed E-state index contributed by atoms with van der Waals surface area (Å²) in [6, 6.07) is 10.5. The molecule has 1 N–H and O–H groups in total. The minimum atomic E-state index is -3.92. The Labute approximate surface area is 152 Å². The highest BCUT2D eigenvalue weighted by Gasteiger charge is 2.25. The minimum Gasteiger partial charge on any atom is -0.294 e. The quantitative estimate of drug-likeness (QED) is 0.454. The number of non-ortho nitro benzene ring substituents is 1. The van der Waals surface area contributed by atoms with E-state index in [0.29, 0.717) is 5.56 Å². The third-order valence-electron chi connectivity index (χ3n) is 3.87. The lowest BCUT2D eigenvalue weighted by Gasteiger charge is -2.16. The second kappa shape index (κ2) is 7.76. The summed E-state index contributed by atoms with van der Waals surface area (Å²) in [5.41, 5.74) is 0.920. The average molecular weight is 376 g/mol. The van der Waals surface area contributed by atoms with Gasteiger partial charge < -0.3 is 0 Å². The van der Waals surface area contributed by atoms with E-state index in [9.17, 15) is 23.3 Å². The summed E-state index contributed by atoms with van der Waals surface area (Å²) in [4.78, 5) is 22.6. The van der Waals surface area contributed by atoms with E-state index in [1.165, 1.54) is 26.0 Å². The number of nitro benzene ring substituents is 1. The summed E-state index contributed by atoms with van der Waals surface area (Å²) in [7, 11) is -3.92. The van der Waals surface area contributed by atoms with E-state index >= 15 is 0 Å². The lowest BCUT2D eigenvalue weighted by Crippen LogP contribution is -2.35. The normalized spacial score (nSPS) is 12.6. The van der Waals surface area contributed by atoms with E-state index < -0.39 is 21.0 Å². The zero-order valence-corrected chi connectivity index (χ0v) is 15.5. The SMILES string of the molecule is Cc1cc([N+](=O)[O-])cc(C)c1S(=O)(=O)N[C@@H](C)CC(=O)c1ccccc1. The zero-order valence-electron chi connectivity index (χ0n) is 14.7. The molecule has 0 amide bonds. The first-order valence-corrected chi connectivity index (χ1v) is 9.46. The molecule has 0 radical (unpaired) electrons. The maximum Gasteiger partial charge on any atom is 0.270 e. The molecule has 2 rings (SSSR count). The molecule has 26 heavy (non-hydrogen) atoms. The number of Topliss-reactive ketones (excluding diaryl/α,β-unsaturated/α-hetero) is 1. The number of ketones is 1. The number of nitrogens with one attached hydrogen (secondary N) is 1. The van der Waals surface area contributed by atoms with Crippen LogP contribution in [0.3, 0.4) is 0 Å². The maximum atomic E-state index is 12.7. The van der Waals surface area contributed by atoms with Gasteiger partial charge in [0.25, 0.3) is 5.69 Å². The fourth-order valence-electron chi connectivity index (χ4n) is 2.84. The van der Waals surface area contributed by atoms with Crippen LogP contribution in [0.2, 0.25) is 0 Å². The van der Waals surface area contributed by atoms with Gasteiger partial charge in [0.15, 0.2) is 5.78 Å². The van der Waals surface area contributed by atoms with Crippen LogP contribution in [0.1, 0.15) is 34.8 Å². The number of nitro groups is 1. The number of nitrogens with zero attached hydrogens (tertiary/aromatic N) is 1. The molecule has 0 saturated heterocycles. The van der Waals surface area contributed by atoms with E-state index in [1.807, 2.05) is 0 Å². The Hall–Kier alpha value is -2.58. The fraction of sp³-hybridized carbons (Fsp3) is 0.278. The van der Waals surface area contributed by atoms with Gasteiger partial charge in [0.2, 0.25) is 10.0 Å². The molecule has 2 aromatic rings. The van der Waals surface area contributed by atoms with Crippen LogP contribution < -0.4 is 4.72 Å². The van der Waals surface area contributed by atoms with Crippen LogP contribution in [0.15, 0.2) is 47.4 Å². The predicted molar refractivity (Wildman–Crippen MR) is 97.7 cm³/mol. The van der Waals surface area contributed by atoms with Gasteiger partial charge in [0.1, 0.15) is 0 Å². The molecule has 0 aliphatic rings. The molecule has 0 unspecified atom stereocenters. The highest BCUT2D eigenvalue weighted by Crippen LogP contribution is 2.26. The standard InChI is InChI=1S/C18H20N2O5S/c1-12-9-16(20(22)23)10-13(2)18(12)26(24,25)19-14(3)11-17(21)15-7-5-4-6-8-15/h4-10,14,19H,11H2,1-3H3/t14-/m0/s1. The molecule has 0 saturated carbocycles. The predicted octanol–water partition coefficient (Wildman–Crippen LogP) is 3.15. The zero-order chi connectivity index (χ0) is 19.5. The van der Waals surface area contributed by atoms with Crippen molar-refractivity contribution in [3.8, 4) is 0 Å². The maximum absolute atomic E-state index is 12.7. The van der Waals surface area contributed by atoms with Crippen molar-refractivity contribution in [2.24, 2.45) is 0 Å². The first-order valence-electron chi connectivity index (χ1n) is 7.98. The number of hydrogen-bond acceptors (Lipinski definition) is 5. The summed E-state index contributed by atoms with van der Waals surface area (Å²) >= 11 is 0. The summed E-state index contributed by atoms with van der Waals surface area (Å²) in [6.45, 7) is 4.62. The van der Waals surface area contributed by atoms with Crippen molar-refractivity contribution in [2.45, 2.75) is 38.1 Å². The highest BCUT2D eigenvalue weighted by molar-refractivity contribution is 7.89. The first-order chi connectivity index (χ1) is 12.1. The van der Waals surface area contributed by atoms with Crippen molar-refractivity contribution in [3.05, 3.63) is 69.3 Å². The van der Waals surface area contributed by atoms with Crippen molar-refractivity contribution >= 4 is 21.5 Å². The van der Waals surface area contributed by atoms with Gasteiger partial charge in [0, 0.05) is 30.2 Å². The third-order valence-corrected chi connectivity index (χ3v) is 5.76. The number of rotatable bonds is 7. The molecule has 0 spiro atoms. The van der Waals surface area contributed by atoms with Gasteiger partial charge in [-0.05, 0) is 31.9 Å². The minimum absolute atomic E-state index is 0.00195. The Morgan fingerprint density at radius 2 is 1.69 bits per heavy atom. The number of aryl methyl sites for hydroxylation is 2. The molecule has 0 bridgehead atoms. The van der Waals surface area contributed by atoms with Gasteiger partial charge in [-0.2, -0.15) is 0 Å². The van der Waals surface area contributed by atoms with Crippen LogP contribution in [0.5, 0.6) is 0 Å². The molecule has 2 aromatic carbocycles. The van der Waals surface area contributed by atoms with E-state index in [2.05, 4.69) is 4.72 Å². The third kappa shape index (κ3) is 4.53. The summed E-state index contributed by atoms with van der Waals surface area (Å²) in [5, 5.41) is 10.9. The van der Waals surface area contributed by atoms with Crippen LogP contribution in [0.4, 0.5) is 5.69 Å². The van der Waals surface area contributed by atoms with E-state index in [4.69, 9.17) is 0 Å². The molecule has 0 heterocycles. The Bertz CT molecular complexity index is 916. The Balaban J connectivity index is 2.21. The van der Waals surface area contributed by atoms with Gasteiger partial charge in [-0.3, -0.25) is 14.9 Å². The summed E-state index contributed by atoms with van der Waals surface area (Å²) in [6.07, 6.45) is 0.00825. The molecule has 0 aliphatic carbocycles. The number of carbonyl (C=O) groups is 1. The highest BCUT2D eigenvalue weighted by atomic mass is 32.2. The van der Waals surface area contributed by atoms with E-state index in [-0.39, 0.29) is 33.9 Å². The molecule has 0 aromatic heterocycles. The van der Waals surface area contributed by atoms with Crippen molar-refractivity contribution in [2.75, 3.05) is 0 Å². The van der Waals surface area contributed by atoms with Gasteiger partial charge in [-0.1, -0.05) is 30.3 Å². The fourth-order valence-corrected chi connectivity index (χ4v) is 4.54. The number of benzene rings is 2. The number of hydrogen-bond donors (Lipinski definition) is 1. The van der Waals surface area contributed by atoms with Crippen molar-refractivity contribution < 1.29 is 18.1 Å². The number of carbonyl (C=O) groups excluding carboxylic acids is 1. The molecule has 1 atom stereocenters. The van der Waals surface area contributed by atoms with Crippen molar-refractivity contribution in [1.82, 2.24) is 4.72 Å². The van der Waals surface area contributed by atoms with E-state index in [0.717, 1.165) is 0 Å². The van der Waals surface area contributed by atoms with Crippen LogP contribution in [-0.4, -0.2) is 25.2 Å². The smallest absolute Gasteiger partial charge is 0.270 e. The monoisotopic (exact) mass is 376 g/mol. The topological polar surface area (TPSA) is 106 Å². The average Bonchev–Trinajstić information content (AvgIpc) is 2.53. The van der Waals surface area contributed by atoms with Crippen molar-refractivity contribution in [3.63, 3.8) is 0 Å². The second-order valence-electron chi connectivity index (χ2n) is 6.18. The molecular weight excluding hydrogens is 356 g/mol. The van der Waals surface area contributed by atoms with Gasteiger partial charge in [-0.15, -0.1) is 0 Å². The van der Waals surface area contributed by atoms with Crippen LogP contribution >= 0.6 is 0 Å². The second-order valence-corrected chi connectivity index (χ2v) is 7.83. The lowest BCUT2D eigenvalue weighted by molar-refractivity contribution is -0.385. The Kier molecular flexibility index (Phi) is 5.89. The largest absolute Gasteiger partial charge is 0.294 e. The van der Waals surface area contributed by atoms with E-state index in [1.54, 1.807) is 37.3 Å². The van der Waals surface area contributed by atoms with Crippen LogP contribution in [-0.2, 0) is 10.0 Å². The molecular formula is C18H20N2O5S. The van der Waals surface area contributed by atoms with Gasteiger partial charge >= 0.3 is 0 Å². The summed E-state index contributed by atoms with van der Waals surface area (Å²) in [5.74, 6) is -0.169. The molecule has 138 valence electrons. The first kappa shape index (κ1) is 19.7. The Morgan fingerprint density at radius 1 is 1.15 bits per heavy atom. The van der Waals surface area contributed by atoms with Crippen molar-refractivity contribution in [1.29, 1.82) is 0 Å². The number of sulfonamides is 1.